The van der Waals surface area contributed by atoms with E-state index in [-0.39, 0.29) is 23.1 Å². The van der Waals surface area contributed by atoms with Crippen molar-refractivity contribution >= 4 is 6.03 Å². The molecule has 3 rings (SSSR count). The highest BCUT2D eigenvalue weighted by Crippen LogP contribution is 2.34. The second-order valence-corrected chi connectivity index (χ2v) is 8.96. The first-order chi connectivity index (χ1) is 14.2. The molecule has 0 aromatic heterocycles. The summed E-state index contributed by atoms with van der Waals surface area (Å²) in [4.78, 5) is 17.5. The van der Waals surface area contributed by atoms with Crippen molar-refractivity contribution in [3.63, 3.8) is 0 Å². The summed E-state index contributed by atoms with van der Waals surface area (Å²) in [5.41, 5.74) is 1.07. The first kappa shape index (κ1) is 22.2. The lowest BCUT2D eigenvalue weighted by Gasteiger charge is -2.48. The van der Waals surface area contributed by atoms with E-state index in [0.29, 0.717) is 6.54 Å². The number of likely N-dealkylation sites (tertiary alicyclic amines) is 1. The van der Waals surface area contributed by atoms with E-state index in [4.69, 9.17) is 0 Å². The molecule has 162 valence electrons. The molecular formula is C24H31F2N3O. The second kappa shape index (κ2) is 9.13. The molecule has 1 aliphatic rings. The van der Waals surface area contributed by atoms with Gasteiger partial charge in [-0.05, 0) is 44.0 Å². The van der Waals surface area contributed by atoms with Gasteiger partial charge in [0.1, 0.15) is 0 Å². The molecule has 1 fully saturated rings. The van der Waals surface area contributed by atoms with E-state index in [1.165, 1.54) is 12.1 Å². The van der Waals surface area contributed by atoms with Crippen LogP contribution in [0.4, 0.5) is 13.6 Å². The largest absolute Gasteiger partial charge is 0.331 e. The molecule has 1 unspecified atom stereocenters. The minimum Gasteiger partial charge on any atom is -0.331 e. The first-order valence-corrected chi connectivity index (χ1v) is 10.4. The molecule has 2 aromatic rings. The zero-order valence-electron chi connectivity index (χ0n) is 18.2. The predicted molar refractivity (Wildman–Crippen MR) is 115 cm³/mol. The van der Waals surface area contributed by atoms with Crippen molar-refractivity contribution in [2.75, 3.05) is 20.1 Å². The molecule has 2 atom stereocenters. The third kappa shape index (κ3) is 4.98. The molecule has 1 aliphatic heterocycles. The zero-order chi connectivity index (χ0) is 21.9. The second-order valence-electron chi connectivity index (χ2n) is 8.96. The normalized spacial score (nSPS) is 19.9. The summed E-state index contributed by atoms with van der Waals surface area (Å²) in [6.45, 7) is 8.27. The molecule has 2 amide bonds. The minimum atomic E-state index is -0.917. The molecular weight excluding hydrogens is 384 g/mol. The van der Waals surface area contributed by atoms with Crippen LogP contribution in [0.3, 0.4) is 0 Å². The Balaban J connectivity index is 1.85. The summed E-state index contributed by atoms with van der Waals surface area (Å²) < 4.78 is 27.9. The molecule has 0 saturated carbocycles. The van der Waals surface area contributed by atoms with Gasteiger partial charge in [-0.1, -0.05) is 56.3 Å². The van der Waals surface area contributed by atoms with Gasteiger partial charge in [0.05, 0.1) is 6.04 Å². The average Bonchev–Trinajstić information content (AvgIpc) is 2.68. The van der Waals surface area contributed by atoms with E-state index in [2.05, 4.69) is 31.1 Å². The molecule has 4 nitrogen and oxygen atoms in total. The molecule has 0 spiro atoms. The Labute approximate surface area is 177 Å². The lowest BCUT2D eigenvalue weighted by Crippen LogP contribution is -2.58. The maximum absolute atomic E-state index is 14.2. The minimum absolute atomic E-state index is 0.0264. The van der Waals surface area contributed by atoms with Crippen LogP contribution in [0, 0.1) is 17.0 Å². The van der Waals surface area contributed by atoms with Gasteiger partial charge < -0.3 is 15.1 Å². The van der Waals surface area contributed by atoms with Crippen molar-refractivity contribution in [1.29, 1.82) is 0 Å². The molecule has 0 bridgehead atoms. The fourth-order valence-electron chi connectivity index (χ4n) is 4.50. The fourth-order valence-corrected chi connectivity index (χ4v) is 4.50. The van der Waals surface area contributed by atoms with Gasteiger partial charge in [0.15, 0.2) is 11.6 Å². The van der Waals surface area contributed by atoms with Crippen molar-refractivity contribution in [2.24, 2.45) is 5.41 Å². The molecule has 2 aromatic carbocycles. The highest BCUT2D eigenvalue weighted by molar-refractivity contribution is 5.75. The van der Waals surface area contributed by atoms with Crippen molar-refractivity contribution in [3.05, 3.63) is 71.3 Å². The molecule has 0 radical (unpaired) electrons. The lowest BCUT2D eigenvalue weighted by molar-refractivity contribution is 0.0300. The van der Waals surface area contributed by atoms with Crippen LogP contribution in [-0.2, 0) is 6.54 Å². The zero-order valence-corrected chi connectivity index (χ0v) is 18.2. The average molecular weight is 416 g/mol. The monoisotopic (exact) mass is 415 g/mol. The van der Waals surface area contributed by atoms with Gasteiger partial charge in [0.25, 0.3) is 0 Å². The van der Waals surface area contributed by atoms with Gasteiger partial charge in [0.2, 0.25) is 0 Å². The van der Waals surface area contributed by atoms with Crippen molar-refractivity contribution in [3.8, 4) is 0 Å². The molecule has 6 heteroatoms. The standard InChI is InChI=1S/C24H31F2N3O/c1-17(19-11-8-12-20(25)22(19)26)27-23(30)29(15-18-9-6-5-7-10-18)21-13-14-28(4)16-24(21,2)3/h5-12,17,21H,13-16H2,1-4H3,(H,27,30)/t17?,21-/m0/s1. The lowest BCUT2D eigenvalue weighted by atomic mass is 9.78. The molecule has 1 N–H and O–H groups in total. The molecule has 1 heterocycles. The van der Waals surface area contributed by atoms with Crippen molar-refractivity contribution in [1.82, 2.24) is 15.1 Å². The summed E-state index contributed by atoms with van der Waals surface area (Å²) in [6, 6.07) is 13.0. The highest BCUT2D eigenvalue weighted by Gasteiger charge is 2.40. The van der Waals surface area contributed by atoms with E-state index < -0.39 is 17.7 Å². The number of amides is 2. The maximum atomic E-state index is 14.2. The number of carbonyl (C=O) groups is 1. The Morgan fingerprint density at radius 3 is 2.57 bits per heavy atom. The number of halogens is 2. The summed E-state index contributed by atoms with van der Waals surface area (Å²) >= 11 is 0. The Morgan fingerprint density at radius 2 is 1.90 bits per heavy atom. The predicted octanol–water partition coefficient (Wildman–Crippen LogP) is 4.97. The number of urea groups is 1. The van der Waals surface area contributed by atoms with Crippen molar-refractivity contribution < 1.29 is 13.6 Å². The summed E-state index contributed by atoms with van der Waals surface area (Å²) in [5.74, 6) is -1.83. The van der Waals surface area contributed by atoms with Crippen LogP contribution >= 0.6 is 0 Å². The van der Waals surface area contributed by atoms with E-state index in [1.807, 2.05) is 35.2 Å². The third-order valence-electron chi connectivity index (χ3n) is 5.98. The Kier molecular flexibility index (Phi) is 6.76. The van der Waals surface area contributed by atoms with Crippen LogP contribution in [0.25, 0.3) is 0 Å². The van der Waals surface area contributed by atoms with Crippen molar-refractivity contribution in [2.45, 2.75) is 45.8 Å². The number of hydrogen-bond donors (Lipinski definition) is 1. The number of hydrogen-bond acceptors (Lipinski definition) is 2. The highest BCUT2D eigenvalue weighted by atomic mass is 19.2. The quantitative estimate of drug-likeness (QED) is 0.749. The van der Waals surface area contributed by atoms with Crippen LogP contribution in [0.15, 0.2) is 48.5 Å². The Morgan fingerprint density at radius 1 is 1.20 bits per heavy atom. The summed E-state index contributed by atoms with van der Waals surface area (Å²) in [5, 5.41) is 2.90. The van der Waals surface area contributed by atoms with E-state index >= 15 is 0 Å². The number of nitrogens with one attached hydrogen (secondary N) is 1. The smallest absolute Gasteiger partial charge is 0.318 e. The number of rotatable bonds is 5. The van der Waals surface area contributed by atoms with Crippen LogP contribution in [-0.4, -0.2) is 42.0 Å². The Hall–Kier alpha value is -2.47. The summed E-state index contributed by atoms with van der Waals surface area (Å²) in [7, 11) is 2.09. The molecule has 30 heavy (non-hydrogen) atoms. The molecule has 1 saturated heterocycles. The van der Waals surface area contributed by atoms with Crippen LogP contribution < -0.4 is 5.32 Å². The summed E-state index contributed by atoms with van der Waals surface area (Å²) in [6.07, 6.45) is 0.854. The van der Waals surface area contributed by atoms with E-state index in [1.54, 1.807) is 6.92 Å². The maximum Gasteiger partial charge on any atom is 0.318 e. The van der Waals surface area contributed by atoms with E-state index in [0.717, 1.165) is 31.1 Å². The SMILES string of the molecule is CC(NC(=O)N(Cc1ccccc1)[C@H]1CCN(C)CC1(C)C)c1cccc(F)c1F. The van der Waals surface area contributed by atoms with Gasteiger partial charge in [-0.3, -0.25) is 0 Å². The topological polar surface area (TPSA) is 35.6 Å². The number of benzene rings is 2. The van der Waals surface area contributed by atoms with Gasteiger partial charge in [0, 0.05) is 24.7 Å². The molecule has 0 aliphatic carbocycles. The first-order valence-electron chi connectivity index (χ1n) is 10.4. The number of nitrogens with zero attached hydrogens (tertiary/aromatic N) is 2. The van der Waals surface area contributed by atoms with E-state index in [9.17, 15) is 13.6 Å². The van der Waals surface area contributed by atoms with Gasteiger partial charge in [-0.2, -0.15) is 0 Å². The number of piperidine rings is 1. The third-order valence-corrected chi connectivity index (χ3v) is 5.98. The Bertz CT molecular complexity index is 872. The van der Waals surface area contributed by atoms with Crippen LogP contribution in [0.2, 0.25) is 0 Å². The van der Waals surface area contributed by atoms with Gasteiger partial charge in [-0.25, -0.2) is 13.6 Å². The van der Waals surface area contributed by atoms with Crippen LogP contribution in [0.1, 0.15) is 44.4 Å². The van der Waals surface area contributed by atoms with Gasteiger partial charge in [-0.15, -0.1) is 0 Å². The fraction of sp³-hybridized carbons (Fsp3) is 0.458. The number of carbonyl (C=O) groups excluding carboxylic acids is 1. The van der Waals surface area contributed by atoms with Gasteiger partial charge >= 0.3 is 6.03 Å². The van der Waals surface area contributed by atoms with Crippen LogP contribution in [0.5, 0.6) is 0 Å².